The average molecular weight is 263 g/mol. The summed E-state index contributed by atoms with van der Waals surface area (Å²) in [4.78, 5) is 4.75. The highest BCUT2D eigenvalue weighted by Gasteiger charge is 2.18. The van der Waals surface area contributed by atoms with Crippen LogP contribution in [0.5, 0.6) is 0 Å². The smallest absolute Gasteiger partial charge is 0.120 e. The Morgan fingerprint density at radius 1 is 0.850 bits per heavy atom. The first-order valence-electron chi connectivity index (χ1n) is 6.66. The fourth-order valence-corrected chi connectivity index (χ4v) is 2.21. The molecule has 1 heterocycles. The topological polar surface area (TPSA) is 27.6 Å². The van der Waals surface area contributed by atoms with E-state index in [2.05, 4.69) is 29.7 Å². The minimum atomic E-state index is 0.948. The van der Waals surface area contributed by atoms with E-state index in [0.29, 0.717) is 0 Å². The third kappa shape index (κ3) is 2.30. The van der Waals surface area contributed by atoms with Gasteiger partial charge >= 0.3 is 0 Å². The molecule has 100 valence electrons. The maximum Gasteiger partial charge on any atom is 0.120 e. The van der Waals surface area contributed by atoms with E-state index in [1.807, 2.05) is 55.4 Å². The Hall–Kier alpha value is -2.55. The zero-order chi connectivity index (χ0) is 13.9. The summed E-state index contributed by atoms with van der Waals surface area (Å²) in [6.45, 7) is 2.00. The highest BCUT2D eigenvalue weighted by Crippen LogP contribution is 2.28. The summed E-state index contributed by atoms with van der Waals surface area (Å²) < 4.78 is 0. The Kier molecular flexibility index (Phi) is 3.25. The standard InChI is InChI=1S/C17H17N3/c1-13-18-16(14-9-5-3-6-10-14)17(19-20(13)2)15-11-7-4-8-12-15/h3-12,19H,1-2H3. The quantitative estimate of drug-likeness (QED) is 0.899. The Balaban J connectivity index is 2.18. The number of hydrazine groups is 1. The van der Waals surface area contributed by atoms with E-state index in [9.17, 15) is 0 Å². The van der Waals surface area contributed by atoms with Gasteiger partial charge < -0.3 is 0 Å². The molecule has 0 saturated carbocycles. The lowest BCUT2D eigenvalue weighted by atomic mass is 10.0. The average Bonchev–Trinajstić information content (AvgIpc) is 2.51. The fourth-order valence-electron chi connectivity index (χ4n) is 2.21. The van der Waals surface area contributed by atoms with Gasteiger partial charge in [-0.05, 0) is 6.92 Å². The van der Waals surface area contributed by atoms with Crippen molar-refractivity contribution >= 4 is 17.2 Å². The summed E-state index contributed by atoms with van der Waals surface area (Å²) in [5.74, 6) is 0.948. The first-order chi connectivity index (χ1) is 9.75. The predicted molar refractivity (Wildman–Crippen MR) is 83.7 cm³/mol. The molecule has 0 fully saturated rings. The van der Waals surface area contributed by atoms with Crippen molar-refractivity contribution in [1.29, 1.82) is 0 Å². The number of hydrogen-bond donors (Lipinski definition) is 1. The van der Waals surface area contributed by atoms with E-state index in [4.69, 9.17) is 4.99 Å². The maximum absolute atomic E-state index is 4.75. The molecule has 1 aliphatic rings. The van der Waals surface area contributed by atoms with Gasteiger partial charge in [-0.3, -0.25) is 10.4 Å². The van der Waals surface area contributed by atoms with E-state index in [-0.39, 0.29) is 0 Å². The van der Waals surface area contributed by atoms with Crippen LogP contribution in [-0.2, 0) is 0 Å². The van der Waals surface area contributed by atoms with E-state index < -0.39 is 0 Å². The molecule has 1 N–H and O–H groups in total. The van der Waals surface area contributed by atoms with E-state index in [1.165, 1.54) is 0 Å². The SMILES string of the molecule is CC1=NC(c2ccccc2)=C(c2ccccc2)NN1C. The molecule has 0 aliphatic carbocycles. The molecule has 2 aromatic carbocycles. The van der Waals surface area contributed by atoms with Gasteiger partial charge in [-0.15, -0.1) is 0 Å². The molecular weight excluding hydrogens is 246 g/mol. The van der Waals surface area contributed by atoms with Crippen molar-refractivity contribution in [2.45, 2.75) is 6.92 Å². The van der Waals surface area contributed by atoms with Crippen molar-refractivity contribution in [3.63, 3.8) is 0 Å². The molecule has 0 bridgehead atoms. The van der Waals surface area contributed by atoms with Crippen LogP contribution in [0.4, 0.5) is 0 Å². The molecule has 0 amide bonds. The van der Waals surface area contributed by atoms with Crippen LogP contribution in [0.1, 0.15) is 18.1 Å². The highest BCUT2D eigenvalue weighted by atomic mass is 15.5. The number of hydrogen-bond acceptors (Lipinski definition) is 3. The molecule has 2 aromatic rings. The number of amidine groups is 1. The molecule has 0 saturated heterocycles. The van der Waals surface area contributed by atoms with Gasteiger partial charge in [-0.1, -0.05) is 60.7 Å². The van der Waals surface area contributed by atoms with Crippen molar-refractivity contribution in [3.05, 3.63) is 71.8 Å². The lowest BCUT2D eigenvalue weighted by Gasteiger charge is -2.29. The number of rotatable bonds is 2. The van der Waals surface area contributed by atoms with Crippen molar-refractivity contribution in [2.24, 2.45) is 4.99 Å². The predicted octanol–water partition coefficient (Wildman–Crippen LogP) is 3.38. The first-order valence-corrected chi connectivity index (χ1v) is 6.66. The van der Waals surface area contributed by atoms with E-state index in [0.717, 1.165) is 28.4 Å². The van der Waals surface area contributed by atoms with Crippen LogP contribution in [-0.4, -0.2) is 17.9 Å². The van der Waals surface area contributed by atoms with Crippen molar-refractivity contribution < 1.29 is 0 Å². The molecule has 3 rings (SSSR count). The molecule has 3 nitrogen and oxygen atoms in total. The molecule has 0 atom stereocenters. The summed E-state index contributed by atoms with van der Waals surface area (Å²) >= 11 is 0. The number of benzene rings is 2. The minimum absolute atomic E-state index is 0.948. The summed E-state index contributed by atoms with van der Waals surface area (Å²) in [5.41, 5.74) is 7.68. The summed E-state index contributed by atoms with van der Waals surface area (Å²) in [6.07, 6.45) is 0. The van der Waals surface area contributed by atoms with Gasteiger partial charge in [0, 0.05) is 18.2 Å². The Bertz CT molecular complexity index is 657. The Morgan fingerprint density at radius 2 is 1.40 bits per heavy atom. The third-order valence-electron chi connectivity index (χ3n) is 3.39. The maximum atomic E-state index is 4.75. The zero-order valence-electron chi connectivity index (χ0n) is 11.7. The molecule has 0 radical (unpaired) electrons. The monoisotopic (exact) mass is 263 g/mol. The minimum Gasteiger partial charge on any atom is -0.295 e. The van der Waals surface area contributed by atoms with Crippen LogP contribution in [0.2, 0.25) is 0 Å². The van der Waals surface area contributed by atoms with E-state index in [1.54, 1.807) is 0 Å². The third-order valence-corrected chi connectivity index (χ3v) is 3.39. The highest BCUT2D eigenvalue weighted by molar-refractivity contribution is 5.98. The van der Waals surface area contributed by atoms with Crippen molar-refractivity contribution in [1.82, 2.24) is 10.4 Å². The van der Waals surface area contributed by atoms with Crippen LogP contribution in [0.3, 0.4) is 0 Å². The molecule has 0 aromatic heterocycles. The lowest BCUT2D eigenvalue weighted by molar-refractivity contribution is 0.438. The van der Waals surface area contributed by atoms with Crippen LogP contribution in [0, 0.1) is 0 Å². The largest absolute Gasteiger partial charge is 0.295 e. The molecule has 3 heteroatoms. The van der Waals surface area contributed by atoms with E-state index >= 15 is 0 Å². The van der Waals surface area contributed by atoms with Crippen LogP contribution in [0.25, 0.3) is 11.4 Å². The Morgan fingerprint density at radius 3 is 2.00 bits per heavy atom. The molecular formula is C17H17N3. The Labute approximate surface area is 119 Å². The first kappa shape index (κ1) is 12.5. The second-order valence-corrected chi connectivity index (χ2v) is 4.79. The summed E-state index contributed by atoms with van der Waals surface area (Å²) in [6, 6.07) is 20.5. The van der Waals surface area contributed by atoms with Crippen LogP contribution in [0.15, 0.2) is 65.7 Å². The van der Waals surface area contributed by atoms with Gasteiger partial charge in [-0.2, -0.15) is 0 Å². The molecule has 0 unspecified atom stereocenters. The van der Waals surface area contributed by atoms with Gasteiger partial charge in [0.05, 0.1) is 11.4 Å². The lowest BCUT2D eigenvalue weighted by Crippen LogP contribution is -2.39. The molecule has 1 aliphatic heterocycles. The molecule has 20 heavy (non-hydrogen) atoms. The van der Waals surface area contributed by atoms with Crippen LogP contribution < -0.4 is 5.43 Å². The summed E-state index contributed by atoms with van der Waals surface area (Å²) in [5, 5.41) is 1.94. The second kappa shape index (κ2) is 5.21. The number of nitrogens with zero attached hydrogens (tertiary/aromatic N) is 2. The van der Waals surface area contributed by atoms with Gasteiger partial charge in [0.25, 0.3) is 0 Å². The number of nitrogens with one attached hydrogen (secondary N) is 1. The molecule has 0 spiro atoms. The van der Waals surface area contributed by atoms with Crippen LogP contribution >= 0.6 is 0 Å². The van der Waals surface area contributed by atoms with Gasteiger partial charge in [0.2, 0.25) is 0 Å². The fraction of sp³-hybridized carbons (Fsp3) is 0.118. The van der Waals surface area contributed by atoms with Crippen molar-refractivity contribution in [2.75, 3.05) is 7.05 Å². The number of aliphatic imine (C=N–C) groups is 1. The second-order valence-electron chi connectivity index (χ2n) is 4.79. The normalized spacial score (nSPS) is 14.9. The van der Waals surface area contributed by atoms with Crippen molar-refractivity contribution in [3.8, 4) is 0 Å². The van der Waals surface area contributed by atoms with Gasteiger partial charge in [0.15, 0.2) is 0 Å². The van der Waals surface area contributed by atoms with Gasteiger partial charge in [-0.25, -0.2) is 4.99 Å². The summed E-state index contributed by atoms with van der Waals surface area (Å²) in [7, 11) is 1.98. The zero-order valence-corrected chi connectivity index (χ0v) is 11.7. The van der Waals surface area contributed by atoms with Gasteiger partial charge in [0.1, 0.15) is 5.84 Å².